The zero-order valence-corrected chi connectivity index (χ0v) is 12.2. The number of ketones is 1. The van der Waals surface area contributed by atoms with Crippen molar-refractivity contribution in [3.05, 3.63) is 33.7 Å². The van der Waals surface area contributed by atoms with Gasteiger partial charge in [-0.1, -0.05) is 0 Å². The highest BCUT2D eigenvalue weighted by molar-refractivity contribution is 7.86. The first-order valence-electron chi connectivity index (χ1n) is 5.94. The number of hydrogen-bond acceptors (Lipinski definition) is 6. The Kier molecular flexibility index (Phi) is 3.60. The number of nitrogen functional groups attached to an aromatic ring is 1. The van der Waals surface area contributed by atoms with Crippen LogP contribution in [0.5, 0.6) is 0 Å². The molecule has 1 aromatic heterocycles. The van der Waals surface area contributed by atoms with Crippen molar-refractivity contribution in [1.29, 1.82) is 0 Å². The summed E-state index contributed by atoms with van der Waals surface area (Å²) in [7, 11) is -4.50. The van der Waals surface area contributed by atoms with E-state index in [1.807, 2.05) is 0 Å². The van der Waals surface area contributed by atoms with E-state index in [2.05, 4.69) is 0 Å². The molecule has 0 aliphatic carbocycles. The summed E-state index contributed by atoms with van der Waals surface area (Å²) in [6.07, 6.45) is -0.115. The summed E-state index contributed by atoms with van der Waals surface area (Å²) >= 11 is 0. The van der Waals surface area contributed by atoms with Gasteiger partial charge in [-0.25, -0.2) is 4.79 Å². The molecule has 2 rings (SSSR count). The molecule has 0 bridgehead atoms. The Labute approximate surface area is 120 Å². The van der Waals surface area contributed by atoms with Crippen molar-refractivity contribution in [1.82, 2.24) is 0 Å². The fraction of sp³-hybridized carbons (Fsp3) is 0.231. The van der Waals surface area contributed by atoms with Crippen molar-refractivity contribution in [2.75, 3.05) is 5.73 Å². The average Bonchev–Trinajstić information content (AvgIpc) is 2.32. The second-order valence-corrected chi connectivity index (χ2v) is 6.12. The largest absolute Gasteiger partial charge is 0.422 e. The Morgan fingerprint density at radius 2 is 2.00 bits per heavy atom. The first kappa shape index (κ1) is 15.2. The van der Waals surface area contributed by atoms with Crippen molar-refractivity contribution in [2.24, 2.45) is 0 Å². The summed E-state index contributed by atoms with van der Waals surface area (Å²) < 4.78 is 36.7. The molecule has 8 heteroatoms. The molecule has 0 fully saturated rings. The third-order valence-electron chi connectivity index (χ3n) is 3.12. The van der Waals surface area contributed by atoms with E-state index >= 15 is 0 Å². The molecular formula is C13H13NO6S. The molecule has 3 N–H and O–H groups in total. The van der Waals surface area contributed by atoms with E-state index in [-0.39, 0.29) is 29.0 Å². The maximum Gasteiger partial charge on any atom is 0.340 e. The van der Waals surface area contributed by atoms with E-state index < -0.39 is 20.6 Å². The number of nitrogens with two attached hydrogens (primary N) is 1. The minimum absolute atomic E-state index is 0.0923. The molecule has 1 heterocycles. The highest BCUT2D eigenvalue weighted by Gasteiger charge is 2.19. The van der Waals surface area contributed by atoms with Gasteiger partial charge in [0, 0.05) is 23.4 Å². The van der Waals surface area contributed by atoms with E-state index in [4.69, 9.17) is 14.7 Å². The number of fused-ring (bicyclic) bond motifs is 1. The van der Waals surface area contributed by atoms with E-state index in [1.165, 1.54) is 6.92 Å². The van der Waals surface area contributed by atoms with Crippen molar-refractivity contribution < 1.29 is 22.2 Å². The molecule has 0 aliphatic heterocycles. The topological polar surface area (TPSA) is 128 Å². The molecule has 0 spiro atoms. The van der Waals surface area contributed by atoms with Crippen LogP contribution in [0.3, 0.4) is 0 Å². The van der Waals surface area contributed by atoms with Gasteiger partial charge in [-0.2, -0.15) is 8.42 Å². The molecule has 0 aliphatic rings. The third-order valence-corrected chi connectivity index (χ3v) is 4.03. The van der Waals surface area contributed by atoms with Gasteiger partial charge in [0.15, 0.2) is 0 Å². The minimum atomic E-state index is -4.50. The van der Waals surface area contributed by atoms with Gasteiger partial charge in [-0.3, -0.25) is 9.35 Å². The fourth-order valence-electron chi connectivity index (χ4n) is 2.11. The maximum atomic E-state index is 11.9. The summed E-state index contributed by atoms with van der Waals surface area (Å²) in [6.45, 7) is 2.90. The van der Waals surface area contributed by atoms with Crippen LogP contribution in [-0.2, 0) is 21.3 Å². The highest BCUT2D eigenvalue weighted by Crippen LogP contribution is 2.28. The molecule has 0 radical (unpaired) electrons. The van der Waals surface area contributed by atoms with Gasteiger partial charge in [0.2, 0.25) is 0 Å². The lowest BCUT2D eigenvalue weighted by molar-refractivity contribution is -0.116. The van der Waals surface area contributed by atoms with Gasteiger partial charge in [0.25, 0.3) is 10.1 Å². The van der Waals surface area contributed by atoms with E-state index in [0.29, 0.717) is 10.9 Å². The second-order valence-electron chi connectivity index (χ2n) is 4.73. The maximum absolute atomic E-state index is 11.9. The Morgan fingerprint density at radius 1 is 1.38 bits per heavy atom. The number of Topliss-reactive ketones (excluding diaryl/α,β-unsaturated/α-hetero) is 1. The summed E-state index contributed by atoms with van der Waals surface area (Å²) in [5, 5.41) is 0.299. The lowest BCUT2D eigenvalue weighted by Gasteiger charge is -2.09. The van der Waals surface area contributed by atoms with Crippen molar-refractivity contribution in [3.8, 4) is 0 Å². The second kappa shape index (κ2) is 4.97. The van der Waals surface area contributed by atoms with Crippen molar-refractivity contribution in [3.63, 3.8) is 0 Å². The zero-order valence-electron chi connectivity index (χ0n) is 11.3. The zero-order chi connectivity index (χ0) is 15.9. The fourth-order valence-corrected chi connectivity index (χ4v) is 2.73. The summed E-state index contributed by atoms with van der Waals surface area (Å²) in [5.41, 5.74) is 5.30. The molecule has 2 aromatic rings. The summed E-state index contributed by atoms with van der Waals surface area (Å²) in [6, 6.07) is 2.28. The van der Waals surface area contributed by atoms with Crippen LogP contribution in [0.2, 0.25) is 0 Å². The first-order valence-corrected chi connectivity index (χ1v) is 7.38. The molecule has 7 nitrogen and oxygen atoms in total. The smallest absolute Gasteiger partial charge is 0.340 e. The number of aryl methyl sites for hydroxylation is 1. The van der Waals surface area contributed by atoms with Crippen molar-refractivity contribution >= 4 is 32.6 Å². The van der Waals surface area contributed by atoms with E-state index in [9.17, 15) is 18.0 Å². The van der Waals surface area contributed by atoms with Gasteiger partial charge < -0.3 is 10.2 Å². The standard InChI is InChI=1S/C13H13NO6S/c1-6(15)3-9-7(2)8-4-12(21(17,18)19)10(14)5-11(8)20-13(9)16/h4-5H,3,14H2,1-2H3,(H,17,18,19). The van der Waals surface area contributed by atoms with Crippen LogP contribution < -0.4 is 11.4 Å². The first-order chi connectivity index (χ1) is 9.61. The Balaban J connectivity index is 2.88. The molecule has 0 saturated heterocycles. The molecule has 0 unspecified atom stereocenters. The Bertz CT molecular complexity index is 910. The van der Waals surface area contributed by atoms with Crippen LogP contribution in [0.25, 0.3) is 11.0 Å². The summed E-state index contributed by atoms with van der Waals surface area (Å²) in [4.78, 5) is 22.6. The van der Waals surface area contributed by atoms with E-state index in [0.717, 1.165) is 12.1 Å². The normalized spacial score (nSPS) is 11.8. The molecule has 21 heavy (non-hydrogen) atoms. The Hall–Kier alpha value is -2.19. The molecule has 1 aromatic carbocycles. The van der Waals surface area contributed by atoms with E-state index in [1.54, 1.807) is 6.92 Å². The van der Waals surface area contributed by atoms with Gasteiger partial charge in [0.1, 0.15) is 16.3 Å². The highest BCUT2D eigenvalue weighted by atomic mass is 32.2. The average molecular weight is 311 g/mol. The third kappa shape index (κ3) is 2.81. The quantitative estimate of drug-likeness (QED) is 0.492. The van der Waals surface area contributed by atoms with Crippen LogP contribution >= 0.6 is 0 Å². The lowest BCUT2D eigenvalue weighted by atomic mass is 10.0. The van der Waals surface area contributed by atoms with Crippen LogP contribution in [0.15, 0.2) is 26.2 Å². The lowest BCUT2D eigenvalue weighted by Crippen LogP contribution is -2.14. The monoisotopic (exact) mass is 311 g/mol. The van der Waals surface area contributed by atoms with Crippen LogP contribution in [0, 0.1) is 6.92 Å². The number of anilines is 1. The molecular weight excluding hydrogens is 298 g/mol. The molecule has 0 atom stereocenters. The molecule has 0 amide bonds. The number of benzene rings is 1. The Morgan fingerprint density at radius 3 is 2.52 bits per heavy atom. The van der Waals surface area contributed by atoms with Gasteiger partial charge >= 0.3 is 5.63 Å². The molecule has 0 saturated carbocycles. The number of hydrogen-bond donors (Lipinski definition) is 2. The predicted molar refractivity (Wildman–Crippen MR) is 75.8 cm³/mol. The minimum Gasteiger partial charge on any atom is -0.422 e. The van der Waals surface area contributed by atoms with Crippen LogP contribution in [-0.4, -0.2) is 18.8 Å². The predicted octanol–water partition coefficient (Wildman–Crippen LogP) is 1.06. The number of carbonyl (C=O) groups is 1. The summed E-state index contributed by atoms with van der Waals surface area (Å²) in [5.74, 6) is -0.227. The van der Waals surface area contributed by atoms with Gasteiger partial charge in [0.05, 0.1) is 5.69 Å². The van der Waals surface area contributed by atoms with Gasteiger partial charge in [-0.15, -0.1) is 0 Å². The van der Waals surface area contributed by atoms with Crippen LogP contribution in [0.4, 0.5) is 5.69 Å². The van der Waals surface area contributed by atoms with Crippen molar-refractivity contribution in [2.45, 2.75) is 25.2 Å². The van der Waals surface area contributed by atoms with Crippen LogP contribution in [0.1, 0.15) is 18.1 Å². The molecule has 112 valence electrons. The SMILES string of the molecule is CC(=O)Cc1c(C)c2cc(S(=O)(=O)O)c(N)cc2oc1=O. The van der Waals surface area contributed by atoms with Gasteiger partial charge in [-0.05, 0) is 25.5 Å². The number of rotatable bonds is 3. The number of carbonyl (C=O) groups excluding carboxylic acids is 1.